The Morgan fingerprint density at radius 2 is 1.74 bits per heavy atom. The van der Waals surface area contributed by atoms with Crippen LogP contribution in [-0.2, 0) is 6.42 Å². The topological polar surface area (TPSA) is 120 Å². The smallest absolute Gasteiger partial charge is 0.270 e. The van der Waals surface area contributed by atoms with Crippen molar-refractivity contribution in [3.05, 3.63) is 70.7 Å². The van der Waals surface area contributed by atoms with E-state index in [1.807, 2.05) is 54.6 Å². The molecule has 1 aliphatic rings. The summed E-state index contributed by atoms with van der Waals surface area (Å²) in [6.45, 7) is 4.14. The second kappa shape index (κ2) is 9.55. The maximum absolute atomic E-state index is 13.5. The number of aromatic nitrogens is 3. The van der Waals surface area contributed by atoms with Gasteiger partial charge in [-0.05, 0) is 41.1 Å². The number of methoxy groups -OCH3 is 1. The summed E-state index contributed by atoms with van der Waals surface area (Å²) < 4.78 is 9.64. The van der Waals surface area contributed by atoms with E-state index < -0.39 is 5.91 Å². The van der Waals surface area contributed by atoms with Crippen molar-refractivity contribution in [3.63, 3.8) is 0 Å². The van der Waals surface area contributed by atoms with Crippen LogP contribution in [0.15, 0.2) is 54.6 Å². The van der Waals surface area contributed by atoms with Crippen molar-refractivity contribution in [3.8, 4) is 27.4 Å². The van der Waals surface area contributed by atoms with Gasteiger partial charge in [0, 0.05) is 28.5 Å². The summed E-state index contributed by atoms with van der Waals surface area (Å²) in [5, 5.41) is 4.10. The van der Waals surface area contributed by atoms with E-state index in [2.05, 4.69) is 28.5 Å². The third-order valence-electron chi connectivity index (χ3n) is 6.77. The van der Waals surface area contributed by atoms with Crippen LogP contribution < -0.4 is 15.8 Å². The van der Waals surface area contributed by atoms with Gasteiger partial charge in [0.1, 0.15) is 20.5 Å². The van der Waals surface area contributed by atoms with Gasteiger partial charge in [0.15, 0.2) is 5.78 Å². The van der Waals surface area contributed by atoms with Gasteiger partial charge in [-0.15, -0.1) is 11.3 Å². The second-order valence-electron chi connectivity index (χ2n) is 10.2. The van der Waals surface area contributed by atoms with Crippen molar-refractivity contribution >= 4 is 56.4 Å². The number of amides is 1. The lowest BCUT2D eigenvalue weighted by molar-refractivity contribution is 0.0911. The van der Waals surface area contributed by atoms with Gasteiger partial charge >= 0.3 is 0 Å². The zero-order valence-electron chi connectivity index (χ0n) is 21.6. The van der Waals surface area contributed by atoms with Crippen molar-refractivity contribution in [1.82, 2.24) is 14.3 Å². The summed E-state index contributed by atoms with van der Waals surface area (Å²) in [6, 6.07) is 17.2. The molecule has 0 saturated heterocycles. The average Bonchev–Trinajstić information content (AvgIpc) is 3.51. The van der Waals surface area contributed by atoms with E-state index in [9.17, 15) is 9.59 Å². The molecule has 3 heterocycles. The number of Topliss-reactive ketones (excluding diaryl/α,β-unsaturated/α-hetero) is 1. The number of benzene rings is 2. The molecule has 0 saturated carbocycles. The first-order valence-corrected chi connectivity index (χ1v) is 14.0. The molecule has 6 rings (SSSR count). The number of nitrogens with two attached hydrogens (primary N) is 1. The lowest BCUT2D eigenvalue weighted by Gasteiger charge is -2.31. The quantitative estimate of drug-likeness (QED) is 0.255. The first-order chi connectivity index (χ1) is 18.7. The molecule has 2 aromatic carbocycles. The fraction of sp³-hybridized carbons (Fsp3) is 0.207. The van der Waals surface area contributed by atoms with Crippen molar-refractivity contribution in [1.29, 1.82) is 0 Å². The van der Waals surface area contributed by atoms with Crippen LogP contribution in [0.3, 0.4) is 0 Å². The number of nitrogens with one attached hydrogen (secondary N) is 1. The van der Waals surface area contributed by atoms with E-state index in [0.717, 1.165) is 16.8 Å². The minimum absolute atomic E-state index is 0.0261. The highest BCUT2D eigenvalue weighted by Gasteiger charge is 2.36. The molecular weight excluding hydrogens is 530 g/mol. The molecule has 39 heavy (non-hydrogen) atoms. The summed E-state index contributed by atoms with van der Waals surface area (Å²) in [7, 11) is 1.61. The Kier molecular flexibility index (Phi) is 6.16. The highest BCUT2D eigenvalue weighted by atomic mass is 32.1. The number of hydrogen-bond acceptors (Lipinski definition) is 9. The van der Waals surface area contributed by atoms with E-state index in [1.165, 1.54) is 22.9 Å². The Labute approximate surface area is 233 Å². The molecule has 3 N–H and O–H groups in total. The summed E-state index contributed by atoms with van der Waals surface area (Å²) in [5.41, 5.74) is 10.5. The maximum Gasteiger partial charge on any atom is 0.270 e. The van der Waals surface area contributed by atoms with E-state index in [0.29, 0.717) is 49.8 Å². The number of ether oxygens (including phenoxy) is 1. The fourth-order valence-corrected chi connectivity index (χ4v) is 6.66. The first kappa shape index (κ1) is 25.1. The summed E-state index contributed by atoms with van der Waals surface area (Å²) in [5.74, 6) is 0.519. The normalized spacial score (nSPS) is 14.3. The van der Waals surface area contributed by atoms with Crippen LogP contribution in [0.5, 0.6) is 5.75 Å². The van der Waals surface area contributed by atoms with Gasteiger partial charge < -0.3 is 10.5 Å². The predicted molar refractivity (Wildman–Crippen MR) is 156 cm³/mol. The number of thiophene rings is 1. The van der Waals surface area contributed by atoms with Gasteiger partial charge in [0.05, 0.1) is 18.5 Å². The third kappa shape index (κ3) is 4.55. The molecule has 0 aliphatic heterocycles. The Morgan fingerprint density at radius 1 is 1.00 bits per heavy atom. The number of carbonyl (C=O) groups is 2. The van der Waals surface area contributed by atoms with Gasteiger partial charge in [0.25, 0.3) is 5.91 Å². The number of anilines is 2. The van der Waals surface area contributed by atoms with Gasteiger partial charge in [-0.3, -0.25) is 14.9 Å². The minimum atomic E-state index is -0.418. The van der Waals surface area contributed by atoms with Gasteiger partial charge in [-0.25, -0.2) is 4.98 Å². The molecule has 0 spiro atoms. The largest absolute Gasteiger partial charge is 0.497 e. The molecule has 0 radical (unpaired) electrons. The van der Waals surface area contributed by atoms with E-state index in [1.54, 1.807) is 7.11 Å². The maximum atomic E-state index is 13.5. The van der Waals surface area contributed by atoms with Crippen LogP contribution in [0.4, 0.5) is 11.6 Å². The number of pyridine rings is 1. The van der Waals surface area contributed by atoms with E-state index in [-0.39, 0.29) is 22.8 Å². The van der Waals surface area contributed by atoms with Crippen LogP contribution in [0.1, 0.15) is 46.0 Å². The number of ketones is 1. The number of fused-ring (bicyclic) bond motifs is 2. The van der Waals surface area contributed by atoms with Crippen molar-refractivity contribution in [2.45, 2.75) is 26.7 Å². The zero-order chi connectivity index (χ0) is 27.3. The number of rotatable bonds is 5. The van der Waals surface area contributed by atoms with Crippen molar-refractivity contribution in [2.75, 3.05) is 18.2 Å². The number of nitrogen functional groups attached to an aromatic ring is 1. The molecule has 0 fully saturated rings. The molecule has 196 valence electrons. The Hall–Kier alpha value is -4.15. The Balaban J connectivity index is 1.45. The van der Waals surface area contributed by atoms with Gasteiger partial charge in [0.2, 0.25) is 5.95 Å². The first-order valence-electron chi connectivity index (χ1n) is 12.4. The SMILES string of the molecule is COc1ccc(-c2c3c(nc4sc(C(=O)Nc5nsc(-c6ccccc6)n5)c(N)c24)CC(C)(C)CC3=O)cc1. The van der Waals surface area contributed by atoms with E-state index in [4.69, 9.17) is 15.5 Å². The van der Waals surface area contributed by atoms with Crippen LogP contribution >= 0.6 is 22.9 Å². The predicted octanol–water partition coefficient (Wildman–Crippen LogP) is 6.48. The van der Waals surface area contributed by atoms with Crippen LogP contribution in [0.25, 0.3) is 31.9 Å². The van der Waals surface area contributed by atoms with Crippen LogP contribution in [-0.4, -0.2) is 33.1 Å². The molecule has 1 aliphatic carbocycles. The number of carbonyl (C=O) groups excluding carboxylic acids is 2. The molecule has 3 aromatic heterocycles. The number of hydrogen-bond donors (Lipinski definition) is 2. The van der Waals surface area contributed by atoms with Crippen LogP contribution in [0.2, 0.25) is 0 Å². The van der Waals surface area contributed by atoms with Gasteiger partial charge in [-0.1, -0.05) is 56.3 Å². The lowest BCUT2D eigenvalue weighted by Crippen LogP contribution is -2.28. The third-order valence-corrected chi connectivity index (χ3v) is 8.63. The molecule has 8 nitrogen and oxygen atoms in total. The fourth-order valence-electron chi connectivity index (χ4n) is 5.01. The summed E-state index contributed by atoms with van der Waals surface area (Å²) >= 11 is 2.41. The summed E-state index contributed by atoms with van der Waals surface area (Å²) in [4.78, 5) is 37.1. The van der Waals surface area contributed by atoms with Crippen molar-refractivity contribution in [2.24, 2.45) is 5.41 Å². The molecular formula is C29H25N5O3S2. The Morgan fingerprint density at radius 3 is 2.46 bits per heavy atom. The van der Waals surface area contributed by atoms with Crippen molar-refractivity contribution < 1.29 is 14.3 Å². The highest BCUT2D eigenvalue weighted by molar-refractivity contribution is 7.21. The standard InChI is InChI=1S/C29H25N5O3S2/c1-29(2)13-18-21(19(35)14-29)20(15-9-11-17(37-3)12-10-15)22-23(30)24(38-27(22)31-18)25(36)32-28-33-26(39-34-28)16-7-5-4-6-8-16/h4-12H,13-14,30H2,1-3H3,(H,32,34,36). The lowest BCUT2D eigenvalue weighted by atomic mass is 9.73. The molecule has 0 unspecified atom stereocenters. The Bertz CT molecular complexity index is 1740. The molecule has 10 heteroatoms. The molecule has 5 aromatic rings. The molecule has 0 atom stereocenters. The monoisotopic (exact) mass is 555 g/mol. The van der Waals surface area contributed by atoms with E-state index >= 15 is 0 Å². The highest BCUT2D eigenvalue weighted by Crippen LogP contribution is 2.46. The average molecular weight is 556 g/mol. The van der Waals surface area contributed by atoms with Crippen LogP contribution in [0, 0.1) is 5.41 Å². The second-order valence-corrected chi connectivity index (χ2v) is 12.0. The minimum Gasteiger partial charge on any atom is -0.497 e. The molecule has 0 bridgehead atoms. The molecule has 1 amide bonds. The number of nitrogens with zero attached hydrogens (tertiary/aromatic N) is 3. The van der Waals surface area contributed by atoms with Gasteiger partial charge in [-0.2, -0.15) is 9.36 Å². The summed E-state index contributed by atoms with van der Waals surface area (Å²) in [6.07, 6.45) is 1.06. The zero-order valence-corrected chi connectivity index (χ0v) is 23.2.